The maximum atomic E-state index is 12.1. The highest BCUT2D eigenvalue weighted by Gasteiger charge is 2.37. The number of Topliss-reactive ketones (excluding diaryl/α,β-unsaturated/α-hetero) is 1. The van der Waals surface area contributed by atoms with Crippen LogP contribution in [0.25, 0.3) is 11.1 Å². The molecule has 1 unspecified atom stereocenters. The molecule has 0 N–H and O–H groups in total. The average molecular weight is 396 g/mol. The molecule has 0 saturated carbocycles. The zero-order valence-electron chi connectivity index (χ0n) is 16.9. The Bertz CT molecular complexity index is 942. The third-order valence-electron chi connectivity index (χ3n) is 4.60. The van der Waals surface area contributed by atoms with E-state index in [1.54, 1.807) is 29.1 Å². The second-order valence-electron chi connectivity index (χ2n) is 6.44. The summed E-state index contributed by atoms with van der Waals surface area (Å²) in [6.07, 6.45) is 11.3. The minimum atomic E-state index is -0.702. The molecule has 29 heavy (non-hydrogen) atoms. The molecule has 3 heterocycles. The molecule has 2 aromatic heterocycles. The summed E-state index contributed by atoms with van der Waals surface area (Å²) in [5.41, 5.74) is 3.63. The molecular weight excluding hydrogens is 371 g/mol. The first kappa shape index (κ1) is 22.0. The molecular formula is C23H25FN2O3. The third kappa shape index (κ3) is 5.60. The number of carbonyl (C=O) groups excluding carboxylic acids is 2. The monoisotopic (exact) mass is 396 g/mol. The van der Waals surface area contributed by atoms with Crippen LogP contribution >= 0.6 is 0 Å². The zero-order valence-corrected chi connectivity index (χ0v) is 16.9. The van der Waals surface area contributed by atoms with Crippen LogP contribution in [0.3, 0.4) is 0 Å². The Balaban J connectivity index is 0.000000257. The number of ketones is 1. The molecule has 1 atom stereocenters. The van der Waals surface area contributed by atoms with Gasteiger partial charge < -0.3 is 9.30 Å². The first-order valence-electron chi connectivity index (χ1n) is 9.31. The largest absolute Gasteiger partial charge is 0.468 e. The summed E-state index contributed by atoms with van der Waals surface area (Å²) in [7, 11) is 1.30. The van der Waals surface area contributed by atoms with Crippen molar-refractivity contribution < 1.29 is 18.7 Å². The molecule has 1 aliphatic rings. The molecule has 152 valence electrons. The Morgan fingerprint density at radius 1 is 1.34 bits per heavy atom. The second-order valence-corrected chi connectivity index (χ2v) is 6.44. The van der Waals surface area contributed by atoms with Gasteiger partial charge in [-0.2, -0.15) is 0 Å². The smallest absolute Gasteiger partial charge is 0.318 e. The highest BCUT2D eigenvalue weighted by Crippen LogP contribution is 2.29. The fourth-order valence-electron chi connectivity index (χ4n) is 2.97. The van der Waals surface area contributed by atoms with Gasteiger partial charge >= 0.3 is 5.97 Å². The molecule has 0 spiro atoms. The van der Waals surface area contributed by atoms with Crippen LogP contribution in [0.2, 0.25) is 0 Å². The van der Waals surface area contributed by atoms with Gasteiger partial charge in [0.15, 0.2) is 5.78 Å². The van der Waals surface area contributed by atoms with Crippen molar-refractivity contribution >= 4 is 11.8 Å². The number of rotatable bonds is 5. The van der Waals surface area contributed by atoms with E-state index in [0.717, 1.165) is 23.1 Å². The van der Waals surface area contributed by atoms with E-state index >= 15 is 0 Å². The van der Waals surface area contributed by atoms with E-state index in [1.165, 1.54) is 13.2 Å². The SMILES string of the molecule is C=C(F)/C=C\C(=C/C)CC.COC(=O)C1Cn2cc(-c3ccncc3)cc2C1=O. The topological polar surface area (TPSA) is 61.2 Å². The van der Waals surface area contributed by atoms with Crippen molar-refractivity contribution in [3.8, 4) is 11.1 Å². The van der Waals surface area contributed by atoms with Gasteiger partial charge in [0.25, 0.3) is 0 Å². The van der Waals surface area contributed by atoms with E-state index < -0.39 is 17.7 Å². The molecule has 0 saturated heterocycles. The number of methoxy groups -OCH3 is 1. The molecule has 1 aliphatic heterocycles. The van der Waals surface area contributed by atoms with Crippen LogP contribution in [0.15, 0.2) is 73.0 Å². The molecule has 0 radical (unpaired) electrons. The van der Waals surface area contributed by atoms with Gasteiger partial charge in [0.05, 0.1) is 12.8 Å². The van der Waals surface area contributed by atoms with Gasteiger partial charge in [0, 0.05) is 30.7 Å². The number of nitrogens with zero attached hydrogens (tertiary/aromatic N) is 2. The maximum absolute atomic E-state index is 12.1. The van der Waals surface area contributed by atoms with Gasteiger partial charge in [-0.3, -0.25) is 14.6 Å². The van der Waals surface area contributed by atoms with Crippen molar-refractivity contribution in [2.75, 3.05) is 7.11 Å². The van der Waals surface area contributed by atoms with E-state index in [4.69, 9.17) is 0 Å². The summed E-state index contributed by atoms with van der Waals surface area (Å²) in [6.45, 7) is 7.43. The first-order valence-corrected chi connectivity index (χ1v) is 9.31. The van der Waals surface area contributed by atoms with E-state index in [-0.39, 0.29) is 5.78 Å². The van der Waals surface area contributed by atoms with Crippen LogP contribution < -0.4 is 0 Å². The van der Waals surface area contributed by atoms with Gasteiger partial charge in [-0.1, -0.05) is 31.2 Å². The fourth-order valence-corrected chi connectivity index (χ4v) is 2.97. The number of fused-ring (bicyclic) bond motifs is 1. The molecule has 3 rings (SSSR count). The van der Waals surface area contributed by atoms with Gasteiger partial charge in [-0.25, -0.2) is 4.39 Å². The number of pyridine rings is 1. The molecule has 6 heteroatoms. The summed E-state index contributed by atoms with van der Waals surface area (Å²) < 4.78 is 18.5. The number of carbonyl (C=O) groups is 2. The van der Waals surface area contributed by atoms with E-state index in [0.29, 0.717) is 12.2 Å². The molecule has 0 amide bonds. The van der Waals surface area contributed by atoms with Crippen molar-refractivity contribution in [1.82, 2.24) is 9.55 Å². The second kappa shape index (κ2) is 10.3. The Morgan fingerprint density at radius 2 is 2.03 bits per heavy atom. The van der Waals surface area contributed by atoms with Crippen molar-refractivity contribution in [2.24, 2.45) is 5.92 Å². The molecule has 0 fully saturated rings. The van der Waals surface area contributed by atoms with Crippen molar-refractivity contribution in [1.29, 1.82) is 0 Å². The summed E-state index contributed by atoms with van der Waals surface area (Å²) in [4.78, 5) is 27.5. The number of esters is 1. The number of hydrogen-bond donors (Lipinski definition) is 0. The number of halogens is 1. The zero-order chi connectivity index (χ0) is 21.4. The number of allylic oxidation sites excluding steroid dienone is 5. The molecule has 0 bridgehead atoms. The van der Waals surface area contributed by atoms with Gasteiger partial charge in [-0.05, 0) is 43.2 Å². The Kier molecular flexibility index (Phi) is 7.83. The summed E-state index contributed by atoms with van der Waals surface area (Å²) in [6, 6.07) is 5.57. The van der Waals surface area contributed by atoms with Gasteiger partial charge in [0.2, 0.25) is 0 Å². The fraction of sp³-hybridized carbons (Fsp3) is 0.261. The van der Waals surface area contributed by atoms with E-state index in [9.17, 15) is 14.0 Å². The lowest BCUT2D eigenvalue weighted by atomic mass is 10.0. The molecule has 5 nitrogen and oxygen atoms in total. The highest BCUT2D eigenvalue weighted by atomic mass is 19.1. The number of hydrogen-bond acceptors (Lipinski definition) is 4. The standard InChI is InChI=1S/C14H12N2O3.C9H13F/c1-19-14(18)11-8-16-7-10(6-12(16)13(11)17)9-2-4-15-5-3-9;1-4-9(5-2)7-6-8(3)10/h2-7,11H,8H2,1H3;4,6-7H,3,5H2,1-2H3/b;7-6-,9-4-. The van der Waals surface area contributed by atoms with Crippen molar-refractivity contribution in [3.63, 3.8) is 0 Å². The van der Waals surface area contributed by atoms with Crippen LogP contribution in [0.4, 0.5) is 4.39 Å². The minimum absolute atomic E-state index is 0.174. The van der Waals surface area contributed by atoms with Crippen LogP contribution in [-0.4, -0.2) is 28.4 Å². The third-order valence-corrected chi connectivity index (χ3v) is 4.60. The normalized spacial score (nSPS) is 15.7. The van der Waals surface area contributed by atoms with Crippen LogP contribution in [0.1, 0.15) is 30.8 Å². The Morgan fingerprint density at radius 3 is 2.55 bits per heavy atom. The van der Waals surface area contributed by atoms with Crippen LogP contribution in [0.5, 0.6) is 0 Å². The predicted octanol–water partition coefficient (Wildman–Crippen LogP) is 4.92. The highest BCUT2D eigenvalue weighted by molar-refractivity contribution is 6.10. The van der Waals surface area contributed by atoms with Gasteiger partial charge in [0.1, 0.15) is 11.7 Å². The minimum Gasteiger partial charge on any atom is -0.468 e. The lowest BCUT2D eigenvalue weighted by Gasteiger charge is -2.04. The number of ether oxygens (including phenoxy) is 1. The first-order chi connectivity index (χ1) is 13.9. The van der Waals surface area contributed by atoms with Crippen LogP contribution in [-0.2, 0) is 16.1 Å². The summed E-state index contributed by atoms with van der Waals surface area (Å²) in [5.74, 6) is -1.74. The molecule has 0 aliphatic carbocycles. The summed E-state index contributed by atoms with van der Waals surface area (Å²) in [5, 5.41) is 0. The predicted molar refractivity (Wildman–Crippen MR) is 111 cm³/mol. The quantitative estimate of drug-likeness (QED) is 0.409. The molecule has 2 aromatic rings. The Hall–Kier alpha value is -3.28. The Labute approximate surface area is 170 Å². The van der Waals surface area contributed by atoms with E-state index in [2.05, 4.69) is 16.3 Å². The van der Waals surface area contributed by atoms with Crippen LogP contribution in [0, 0.1) is 5.92 Å². The van der Waals surface area contributed by atoms with Gasteiger partial charge in [-0.15, -0.1) is 0 Å². The van der Waals surface area contributed by atoms with Crippen molar-refractivity contribution in [2.45, 2.75) is 26.8 Å². The maximum Gasteiger partial charge on any atom is 0.318 e. The van der Waals surface area contributed by atoms with E-state index in [1.807, 2.05) is 38.3 Å². The average Bonchev–Trinajstić information content (AvgIpc) is 3.29. The molecule has 0 aromatic carbocycles. The van der Waals surface area contributed by atoms with Crippen molar-refractivity contribution in [3.05, 3.63) is 78.7 Å². The summed E-state index contributed by atoms with van der Waals surface area (Å²) >= 11 is 0. The number of aromatic nitrogens is 2. The lowest BCUT2D eigenvalue weighted by molar-refractivity contribution is -0.143. The lowest BCUT2D eigenvalue weighted by Crippen LogP contribution is -2.22.